The highest BCUT2D eigenvalue weighted by atomic mass is 16.5. The number of anilines is 2. The highest BCUT2D eigenvalue weighted by Gasteiger charge is 2.13. The Balaban J connectivity index is 1.48. The zero-order chi connectivity index (χ0) is 16.8. The maximum atomic E-state index is 12.0. The first-order chi connectivity index (χ1) is 11.7. The molecule has 1 fully saturated rings. The standard InChI is InChI=1S/C16H22N6O2/c1-13(11-21-5-4-17-12-21)19-16(23)20-14-2-3-15(18-10-14)22-6-8-24-9-7-22/h2-5,10,12-13H,6-9,11H2,1H3,(H2,19,20,23). The molecule has 8 nitrogen and oxygen atoms in total. The maximum absolute atomic E-state index is 12.0. The molecule has 0 saturated carbocycles. The van der Waals surface area contributed by atoms with Crippen molar-refractivity contribution in [2.24, 2.45) is 0 Å². The van der Waals surface area contributed by atoms with Gasteiger partial charge in [-0.2, -0.15) is 0 Å². The Kier molecular flexibility index (Phi) is 5.27. The smallest absolute Gasteiger partial charge is 0.319 e. The lowest BCUT2D eigenvalue weighted by atomic mass is 10.3. The number of nitrogens with one attached hydrogen (secondary N) is 2. The van der Waals surface area contributed by atoms with Crippen LogP contribution in [0.2, 0.25) is 0 Å². The molecule has 2 N–H and O–H groups in total. The molecule has 1 atom stereocenters. The number of imidazole rings is 1. The first-order valence-corrected chi connectivity index (χ1v) is 8.03. The molecule has 0 radical (unpaired) electrons. The Morgan fingerprint density at radius 1 is 1.38 bits per heavy atom. The molecule has 2 aromatic rings. The highest BCUT2D eigenvalue weighted by molar-refractivity contribution is 5.89. The van der Waals surface area contributed by atoms with Crippen molar-refractivity contribution in [3.63, 3.8) is 0 Å². The molecule has 1 unspecified atom stereocenters. The van der Waals surface area contributed by atoms with E-state index in [0.717, 1.165) is 32.1 Å². The minimum Gasteiger partial charge on any atom is -0.378 e. The van der Waals surface area contributed by atoms with Crippen LogP contribution in [0, 0.1) is 0 Å². The van der Waals surface area contributed by atoms with Crippen LogP contribution < -0.4 is 15.5 Å². The van der Waals surface area contributed by atoms with Gasteiger partial charge in [0.15, 0.2) is 0 Å². The Labute approximate surface area is 140 Å². The van der Waals surface area contributed by atoms with Crippen LogP contribution in [0.5, 0.6) is 0 Å². The number of nitrogens with zero attached hydrogens (tertiary/aromatic N) is 4. The number of carbonyl (C=O) groups excluding carboxylic acids is 1. The molecule has 0 aromatic carbocycles. The molecule has 2 amide bonds. The third-order valence-electron chi connectivity index (χ3n) is 3.76. The zero-order valence-electron chi connectivity index (χ0n) is 13.7. The molecular formula is C16H22N6O2. The molecule has 3 rings (SSSR count). The number of rotatable bonds is 5. The number of morpholine rings is 1. The van der Waals surface area contributed by atoms with Crippen molar-refractivity contribution in [3.8, 4) is 0 Å². The molecule has 0 spiro atoms. The van der Waals surface area contributed by atoms with Crippen molar-refractivity contribution in [2.45, 2.75) is 19.5 Å². The van der Waals surface area contributed by atoms with Gasteiger partial charge in [0.2, 0.25) is 0 Å². The summed E-state index contributed by atoms with van der Waals surface area (Å²) in [5.74, 6) is 0.901. The van der Waals surface area contributed by atoms with E-state index < -0.39 is 0 Å². The van der Waals surface area contributed by atoms with Gasteiger partial charge in [0.05, 0.1) is 31.4 Å². The van der Waals surface area contributed by atoms with Crippen molar-refractivity contribution < 1.29 is 9.53 Å². The van der Waals surface area contributed by atoms with Crippen molar-refractivity contribution in [1.29, 1.82) is 0 Å². The first-order valence-electron chi connectivity index (χ1n) is 8.03. The largest absolute Gasteiger partial charge is 0.378 e. The molecule has 0 aliphatic carbocycles. The number of ether oxygens (including phenoxy) is 1. The van der Waals surface area contributed by atoms with E-state index in [4.69, 9.17) is 4.74 Å². The van der Waals surface area contributed by atoms with Crippen LogP contribution in [0.4, 0.5) is 16.3 Å². The monoisotopic (exact) mass is 330 g/mol. The van der Waals surface area contributed by atoms with Gasteiger partial charge in [-0.3, -0.25) is 0 Å². The zero-order valence-corrected chi connectivity index (χ0v) is 13.7. The SMILES string of the molecule is CC(Cn1ccnc1)NC(=O)Nc1ccc(N2CCOCC2)nc1. The number of pyridine rings is 1. The normalized spacial score (nSPS) is 15.8. The number of hydrogen-bond donors (Lipinski definition) is 2. The minimum atomic E-state index is -0.247. The minimum absolute atomic E-state index is 0.0141. The Morgan fingerprint density at radius 3 is 2.88 bits per heavy atom. The molecular weight excluding hydrogens is 308 g/mol. The molecule has 2 aromatic heterocycles. The second-order valence-corrected chi connectivity index (χ2v) is 5.76. The average molecular weight is 330 g/mol. The van der Waals surface area contributed by atoms with Crippen LogP contribution >= 0.6 is 0 Å². The van der Waals surface area contributed by atoms with E-state index in [9.17, 15) is 4.79 Å². The highest BCUT2D eigenvalue weighted by Crippen LogP contribution is 2.15. The summed E-state index contributed by atoms with van der Waals surface area (Å²) in [5, 5.41) is 5.69. The third kappa shape index (κ3) is 4.45. The van der Waals surface area contributed by atoms with Gasteiger partial charge >= 0.3 is 6.03 Å². The number of aromatic nitrogens is 3. The molecule has 128 valence electrons. The summed E-state index contributed by atoms with van der Waals surface area (Å²) in [5.41, 5.74) is 0.666. The predicted octanol–water partition coefficient (Wildman–Crippen LogP) is 1.32. The summed E-state index contributed by atoms with van der Waals surface area (Å²) in [6, 6.07) is 3.51. The fourth-order valence-corrected chi connectivity index (χ4v) is 2.59. The van der Waals surface area contributed by atoms with E-state index in [2.05, 4.69) is 25.5 Å². The maximum Gasteiger partial charge on any atom is 0.319 e. The third-order valence-corrected chi connectivity index (χ3v) is 3.76. The lowest BCUT2D eigenvalue weighted by molar-refractivity contribution is 0.122. The first kappa shape index (κ1) is 16.3. The molecule has 8 heteroatoms. The van der Waals surface area contributed by atoms with E-state index in [1.54, 1.807) is 18.7 Å². The van der Waals surface area contributed by atoms with Crippen LogP contribution in [-0.4, -0.2) is 52.9 Å². The number of amides is 2. The Morgan fingerprint density at radius 2 is 2.21 bits per heavy atom. The van der Waals surface area contributed by atoms with Gasteiger partial charge in [-0.15, -0.1) is 0 Å². The second-order valence-electron chi connectivity index (χ2n) is 5.76. The fraction of sp³-hybridized carbons (Fsp3) is 0.438. The van der Waals surface area contributed by atoms with Crippen LogP contribution in [0.25, 0.3) is 0 Å². The van der Waals surface area contributed by atoms with Gasteiger partial charge in [-0.1, -0.05) is 0 Å². The van der Waals surface area contributed by atoms with E-state index in [1.807, 2.05) is 29.8 Å². The van der Waals surface area contributed by atoms with Crippen LogP contribution in [-0.2, 0) is 11.3 Å². The summed E-state index contributed by atoms with van der Waals surface area (Å²) in [4.78, 5) is 22.6. The van der Waals surface area contributed by atoms with Gasteiger partial charge in [0.1, 0.15) is 5.82 Å². The average Bonchev–Trinajstić information content (AvgIpc) is 3.09. The second kappa shape index (κ2) is 7.78. The summed E-state index contributed by atoms with van der Waals surface area (Å²) >= 11 is 0. The van der Waals surface area contributed by atoms with Crippen molar-refractivity contribution in [1.82, 2.24) is 19.9 Å². The van der Waals surface area contributed by atoms with Crippen LogP contribution in [0.1, 0.15) is 6.92 Å². The molecule has 1 aliphatic heterocycles. The van der Waals surface area contributed by atoms with Gasteiger partial charge in [0.25, 0.3) is 0 Å². The Hall–Kier alpha value is -2.61. The van der Waals surface area contributed by atoms with E-state index >= 15 is 0 Å². The lowest BCUT2D eigenvalue weighted by Crippen LogP contribution is -2.38. The van der Waals surface area contributed by atoms with Crippen LogP contribution in [0.3, 0.4) is 0 Å². The Bertz CT molecular complexity index is 637. The summed E-state index contributed by atoms with van der Waals surface area (Å²) in [7, 11) is 0. The number of urea groups is 1. The summed E-state index contributed by atoms with van der Waals surface area (Å²) in [6.07, 6.45) is 6.98. The molecule has 0 bridgehead atoms. The van der Waals surface area contributed by atoms with E-state index in [1.165, 1.54) is 0 Å². The predicted molar refractivity (Wildman–Crippen MR) is 91.1 cm³/mol. The summed E-state index contributed by atoms with van der Waals surface area (Å²) < 4.78 is 7.25. The molecule has 1 aliphatic rings. The van der Waals surface area contributed by atoms with Gasteiger partial charge in [-0.05, 0) is 19.1 Å². The topological polar surface area (TPSA) is 84.3 Å². The van der Waals surface area contributed by atoms with Crippen molar-refractivity contribution in [2.75, 3.05) is 36.5 Å². The van der Waals surface area contributed by atoms with Crippen molar-refractivity contribution >= 4 is 17.5 Å². The summed E-state index contributed by atoms with van der Waals surface area (Å²) in [6.45, 7) is 5.73. The van der Waals surface area contributed by atoms with Gasteiger partial charge in [-0.25, -0.2) is 14.8 Å². The lowest BCUT2D eigenvalue weighted by Gasteiger charge is -2.27. The fourth-order valence-electron chi connectivity index (χ4n) is 2.59. The van der Waals surface area contributed by atoms with Crippen molar-refractivity contribution in [3.05, 3.63) is 37.1 Å². The van der Waals surface area contributed by atoms with Gasteiger partial charge in [0, 0.05) is 38.1 Å². The molecule has 1 saturated heterocycles. The van der Waals surface area contributed by atoms with Gasteiger partial charge < -0.3 is 24.8 Å². The quantitative estimate of drug-likeness (QED) is 0.864. The van der Waals surface area contributed by atoms with Crippen LogP contribution in [0.15, 0.2) is 37.1 Å². The van der Waals surface area contributed by atoms with E-state index in [-0.39, 0.29) is 12.1 Å². The number of carbonyl (C=O) groups is 1. The van der Waals surface area contributed by atoms with E-state index in [0.29, 0.717) is 12.2 Å². The molecule has 3 heterocycles. The number of hydrogen-bond acceptors (Lipinski definition) is 5. The molecule has 24 heavy (non-hydrogen) atoms.